The summed E-state index contributed by atoms with van der Waals surface area (Å²) in [7, 11) is 0. The number of thiazole rings is 1. The number of rotatable bonds is 3. The van der Waals surface area contributed by atoms with Crippen molar-refractivity contribution in [3.8, 4) is 0 Å². The molecule has 1 aliphatic heterocycles. The van der Waals surface area contributed by atoms with Crippen LogP contribution >= 0.6 is 11.3 Å². The molecule has 2 N–H and O–H groups in total. The normalized spacial score (nSPS) is 13.4. The Labute approximate surface area is 142 Å². The minimum Gasteiger partial charge on any atom is -0.308 e. The van der Waals surface area contributed by atoms with Gasteiger partial charge in [0.15, 0.2) is 5.13 Å². The zero-order valence-electron chi connectivity index (χ0n) is 13.4. The van der Waals surface area contributed by atoms with Crippen molar-refractivity contribution >= 4 is 40.0 Å². The zero-order chi connectivity index (χ0) is 17.4. The minimum absolute atomic E-state index is 0.217. The van der Waals surface area contributed by atoms with Crippen molar-refractivity contribution in [1.29, 1.82) is 0 Å². The third-order valence-corrected chi connectivity index (χ3v) is 4.41. The molecule has 0 saturated heterocycles. The molecule has 0 aliphatic carbocycles. The van der Waals surface area contributed by atoms with Gasteiger partial charge in [-0.2, -0.15) is 0 Å². The molecule has 0 unspecified atom stereocenters. The highest BCUT2D eigenvalue weighted by Crippen LogP contribution is 2.27. The van der Waals surface area contributed by atoms with E-state index in [9.17, 15) is 14.4 Å². The SMILES string of the molecule is Cc1csc(NC(=O)Nc2ccc3c(c2)C(=O)N(C(C)C)C3=O)n1. The van der Waals surface area contributed by atoms with Gasteiger partial charge in [0.1, 0.15) is 0 Å². The third kappa shape index (κ3) is 2.88. The molecular weight excluding hydrogens is 328 g/mol. The molecule has 2 heterocycles. The number of benzene rings is 1. The Morgan fingerprint density at radius 3 is 2.50 bits per heavy atom. The largest absolute Gasteiger partial charge is 0.325 e. The van der Waals surface area contributed by atoms with Crippen molar-refractivity contribution in [2.75, 3.05) is 10.6 Å². The predicted molar refractivity (Wildman–Crippen MR) is 91.6 cm³/mol. The first-order valence-corrected chi connectivity index (χ1v) is 8.27. The molecular formula is C16H16N4O3S. The summed E-state index contributed by atoms with van der Waals surface area (Å²) >= 11 is 1.32. The molecule has 24 heavy (non-hydrogen) atoms. The number of nitrogens with one attached hydrogen (secondary N) is 2. The summed E-state index contributed by atoms with van der Waals surface area (Å²) in [6.45, 7) is 5.40. The van der Waals surface area contributed by atoms with Gasteiger partial charge in [0.25, 0.3) is 11.8 Å². The van der Waals surface area contributed by atoms with Crippen LogP contribution in [0.4, 0.5) is 15.6 Å². The fourth-order valence-electron chi connectivity index (χ4n) is 2.48. The Morgan fingerprint density at radius 1 is 1.17 bits per heavy atom. The standard InChI is InChI=1S/C16H16N4O3S/c1-8(2)20-13(21)11-5-4-10(6-12(11)14(20)22)18-15(23)19-16-17-9(3)7-24-16/h4-8H,1-3H3,(H2,17,18,19,23). The maximum Gasteiger partial charge on any atom is 0.325 e. The molecule has 4 amide bonds. The quantitative estimate of drug-likeness (QED) is 0.837. The predicted octanol–water partition coefficient (Wildman–Crippen LogP) is 3.10. The highest BCUT2D eigenvalue weighted by molar-refractivity contribution is 7.13. The smallest absolute Gasteiger partial charge is 0.308 e. The van der Waals surface area contributed by atoms with Gasteiger partial charge in [0.05, 0.1) is 16.8 Å². The molecule has 1 aromatic carbocycles. The fourth-order valence-corrected chi connectivity index (χ4v) is 3.16. The summed E-state index contributed by atoms with van der Waals surface area (Å²) in [6.07, 6.45) is 0. The summed E-state index contributed by atoms with van der Waals surface area (Å²) in [6, 6.07) is 4.00. The van der Waals surface area contributed by atoms with Gasteiger partial charge in [-0.05, 0) is 39.0 Å². The van der Waals surface area contributed by atoms with Crippen LogP contribution in [0, 0.1) is 6.92 Å². The molecule has 0 fully saturated rings. The van der Waals surface area contributed by atoms with Crippen LogP contribution in [0.15, 0.2) is 23.6 Å². The van der Waals surface area contributed by atoms with E-state index in [0.717, 1.165) is 5.69 Å². The van der Waals surface area contributed by atoms with E-state index in [0.29, 0.717) is 21.9 Å². The molecule has 0 spiro atoms. The number of urea groups is 1. The van der Waals surface area contributed by atoms with Gasteiger partial charge >= 0.3 is 6.03 Å². The molecule has 0 atom stereocenters. The summed E-state index contributed by atoms with van der Waals surface area (Å²) in [5.74, 6) is -0.649. The van der Waals surface area contributed by atoms with E-state index >= 15 is 0 Å². The van der Waals surface area contributed by atoms with Crippen molar-refractivity contribution in [3.63, 3.8) is 0 Å². The number of nitrogens with zero attached hydrogens (tertiary/aromatic N) is 2. The lowest BCUT2D eigenvalue weighted by Gasteiger charge is -2.17. The van der Waals surface area contributed by atoms with Gasteiger partial charge in [-0.1, -0.05) is 0 Å². The number of amides is 4. The lowest BCUT2D eigenvalue weighted by molar-refractivity contribution is 0.0609. The van der Waals surface area contributed by atoms with E-state index in [4.69, 9.17) is 0 Å². The molecule has 2 aromatic rings. The fraction of sp³-hybridized carbons (Fsp3) is 0.250. The maximum absolute atomic E-state index is 12.3. The number of anilines is 2. The van der Waals surface area contributed by atoms with Gasteiger partial charge in [0, 0.05) is 17.1 Å². The lowest BCUT2D eigenvalue weighted by Crippen LogP contribution is -2.35. The molecule has 3 rings (SSSR count). The zero-order valence-corrected chi connectivity index (χ0v) is 14.2. The summed E-state index contributed by atoms with van der Waals surface area (Å²) < 4.78 is 0. The molecule has 0 bridgehead atoms. The number of aromatic nitrogens is 1. The van der Waals surface area contributed by atoms with E-state index < -0.39 is 6.03 Å². The molecule has 1 aliphatic rings. The van der Waals surface area contributed by atoms with Crippen molar-refractivity contribution < 1.29 is 14.4 Å². The van der Waals surface area contributed by atoms with Crippen LogP contribution < -0.4 is 10.6 Å². The Hall–Kier alpha value is -2.74. The van der Waals surface area contributed by atoms with E-state index in [1.807, 2.05) is 12.3 Å². The Morgan fingerprint density at radius 2 is 1.88 bits per heavy atom. The van der Waals surface area contributed by atoms with E-state index in [1.54, 1.807) is 26.0 Å². The van der Waals surface area contributed by atoms with E-state index in [-0.39, 0.29) is 17.9 Å². The highest BCUT2D eigenvalue weighted by atomic mass is 32.1. The molecule has 7 nitrogen and oxygen atoms in total. The Balaban J connectivity index is 1.77. The van der Waals surface area contributed by atoms with Crippen LogP contribution in [0.25, 0.3) is 0 Å². The van der Waals surface area contributed by atoms with E-state index in [2.05, 4.69) is 15.6 Å². The molecule has 8 heteroatoms. The van der Waals surface area contributed by atoms with E-state index in [1.165, 1.54) is 22.3 Å². The number of carbonyl (C=O) groups is 3. The number of fused-ring (bicyclic) bond motifs is 1. The number of hydrogen-bond acceptors (Lipinski definition) is 5. The third-order valence-electron chi connectivity index (χ3n) is 3.53. The summed E-state index contributed by atoms with van der Waals surface area (Å²) in [5.41, 5.74) is 1.92. The van der Waals surface area contributed by atoms with Crippen molar-refractivity contribution in [1.82, 2.24) is 9.88 Å². The van der Waals surface area contributed by atoms with Crippen molar-refractivity contribution in [2.45, 2.75) is 26.8 Å². The monoisotopic (exact) mass is 344 g/mol. The average molecular weight is 344 g/mol. The van der Waals surface area contributed by atoms with Gasteiger partial charge < -0.3 is 5.32 Å². The van der Waals surface area contributed by atoms with Gasteiger partial charge in [0.2, 0.25) is 0 Å². The first kappa shape index (κ1) is 16.1. The average Bonchev–Trinajstić information content (AvgIpc) is 3.01. The molecule has 124 valence electrons. The molecule has 0 saturated carbocycles. The van der Waals surface area contributed by atoms with Crippen LogP contribution in [0.5, 0.6) is 0 Å². The van der Waals surface area contributed by atoms with Gasteiger partial charge in [-0.25, -0.2) is 9.78 Å². The first-order chi connectivity index (χ1) is 11.4. The van der Waals surface area contributed by atoms with Crippen LogP contribution in [0.2, 0.25) is 0 Å². The van der Waals surface area contributed by atoms with Crippen molar-refractivity contribution in [3.05, 3.63) is 40.4 Å². The topological polar surface area (TPSA) is 91.4 Å². The summed E-state index contributed by atoms with van der Waals surface area (Å²) in [4.78, 5) is 41.9. The molecule has 1 aromatic heterocycles. The Bertz CT molecular complexity index is 844. The van der Waals surface area contributed by atoms with Gasteiger partial charge in [-0.15, -0.1) is 11.3 Å². The maximum atomic E-state index is 12.3. The van der Waals surface area contributed by atoms with Crippen LogP contribution in [-0.2, 0) is 0 Å². The van der Waals surface area contributed by atoms with Crippen LogP contribution in [0.3, 0.4) is 0 Å². The second-order valence-electron chi connectivity index (χ2n) is 5.71. The van der Waals surface area contributed by atoms with Crippen LogP contribution in [-0.4, -0.2) is 33.8 Å². The second-order valence-corrected chi connectivity index (χ2v) is 6.57. The lowest BCUT2D eigenvalue weighted by atomic mass is 10.1. The summed E-state index contributed by atoms with van der Waals surface area (Å²) in [5, 5.41) is 7.58. The number of carbonyl (C=O) groups excluding carboxylic acids is 3. The number of aryl methyl sites for hydroxylation is 1. The van der Waals surface area contributed by atoms with Crippen molar-refractivity contribution in [2.24, 2.45) is 0 Å². The minimum atomic E-state index is -0.457. The Kier molecular flexibility index (Phi) is 4.06. The molecule has 0 radical (unpaired) electrons. The van der Waals surface area contributed by atoms with Gasteiger partial charge in [-0.3, -0.25) is 19.8 Å². The van der Waals surface area contributed by atoms with Crippen LogP contribution in [0.1, 0.15) is 40.3 Å². The highest BCUT2D eigenvalue weighted by Gasteiger charge is 2.37. The number of hydrogen-bond donors (Lipinski definition) is 2. The second kappa shape index (κ2) is 6.04. The number of imide groups is 1. The first-order valence-electron chi connectivity index (χ1n) is 7.39.